The Morgan fingerprint density at radius 3 is 2.29 bits per heavy atom. The van der Waals surface area contributed by atoms with Gasteiger partial charge in [0, 0.05) is 16.5 Å². The summed E-state index contributed by atoms with van der Waals surface area (Å²) in [6.45, 7) is 0. The van der Waals surface area contributed by atoms with Crippen LogP contribution in [0.25, 0.3) is 0 Å². The molecule has 0 atom stereocenters. The summed E-state index contributed by atoms with van der Waals surface area (Å²) < 4.78 is 16.3. The van der Waals surface area contributed by atoms with Crippen LogP contribution in [0.15, 0.2) is 28.6 Å². The predicted molar refractivity (Wildman–Crippen MR) is 60.7 cm³/mol. The van der Waals surface area contributed by atoms with E-state index in [1.807, 2.05) is 12.1 Å². The smallest absolute Gasteiger partial charge is 0.0731 e. The Hall–Kier alpha value is -0.540. The molecular formula is C10H12ClNOS. The predicted octanol–water partition coefficient (Wildman–Crippen LogP) is 3.23. The lowest BCUT2D eigenvalue weighted by Gasteiger charge is -1.99. The van der Waals surface area contributed by atoms with Gasteiger partial charge in [0.15, 0.2) is 0 Å². The zero-order chi connectivity index (χ0) is 10.0. The first-order valence-corrected chi connectivity index (χ1v) is 6.89. The fourth-order valence-electron chi connectivity index (χ4n) is 1.54. The van der Waals surface area contributed by atoms with Crippen molar-refractivity contribution >= 4 is 27.0 Å². The van der Waals surface area contributed by atoms with E-state index in [2.05, 4.69) is 4.36 Å². The molecule has 0 N–H and O–H groups in total. The molecule has 0 bridgehead atoms. The van der Waals surface area contributed by atoms with Crippen molar-refractivity contribution in [1.82, 2.24) is 0 Å². The van der Waals surface area contributed by atoms with Gasteiger partial charge in [-0.2, -0.15) is 4.36 Å². The highest BCUT2D eigenvalue weighted by molar-refractivity contribution is 7.93. The van der Waals surface area contributed by atoms with Gasteiger partial charge in [0.1, 0.15) is 0 Å². The van der Waals surface area contributed by atoms with Crippen molar-refractivity contribution in [1.29, 1.82) is 0 Å². The van der Waals surface area contributed by atoms with Crippen molar-refractivity contribution in [2.75, 3.05) is 11.5 Å². The van der Waals surface area contributed by atoms with Gasteiger partial charge in [-0.25, -0.2) is 4.21 Å². The molecule has 1 fully saturated rings. The molecule has 1 heterocycles. The average molecular weight is 230 g/mol. The minimum absolute atomic E-state index is 0.685. The average Bonchev–Trinajstić information content (AvgIpc) is 2.57. The van der Waals surface area contributed by atoms with Crippen LogP contribution in [0.4, 0.5) is 5.69 Å². The summed E-state index contributed by atoms with van der Waals surface area (Å²) in [6.07, 6.45) is 2.08. The molecule has 2 rings (SSSR count). The zero-order valence-corrected chi connectivity index (χ0v) is 9.35. The van der Waals surface area contributed by atoms with Crippen LogP contribution in [0.2, 0.25) is 5.02 Å². The van der Waals surface area contributed by atoms with Crippen LogP contribution < -0.4 is 0 Å². The van der Waals surface area contributed by atoms with Gasteiger partial charge in [0.05, 0.1) is 15.4 Å². The number of hydrogen-bond donors (Lipinski definition) is 0. The fraction of sp³-hybridized carbons (Fsp3) is 0.400. The highest BCUT2D eigenvalue weighted by atomic mass is 35.5. The van der Waals surface area contributed by atoms with E-state index in [4.69, 9.17) is 11.6 Å². The second kappa shape index (κ2) is 3.91. The van der Waals surface area contributed by atoms with Crippen molar-refractivity contribution < 1.29 is 4.21 Å². The number of nitrogens with zero attached hydrogens (tertiary/aromatic N) is 1. The van der Waals surface area contributed by atoms with Crippen LogP contribution >= 0.6 is 11.6 Å². The summed E-state index contributed by atoms with van der Waals surface area (Å²) in [5.41, 5.74) is 0.779. The summed E-state index contributed by atoms with van der Waals surface area (Å²) in [5.74, 6) is 1.49. The van der Waals surface area contributed by atoms with Gasteiger partial charge in [-0.1, -0.05) is 11.6 Å². The second-order valence-electron chi connectivity index (χ2n) is 3.46. The molecule has 1 aliphatic rings. The molecule has 1 aromatic rings. The molecule has 76 valence electrons. The molecule has 0 aromatic heterocycles. The molecule has 0 aliphatic carbocycles. The first-order chi connectivity index (χ1) is 6.68. The monoisotopic (exact) mass is 229 g/mol. The Kier molecular flexibility index (Phi) is 2.79. The van der Waals surface area contributed by atoms with Gasteiger partial charge in [-0.3, -0.25) is 0 Å². The second-order valence-corrected chi connectivity index (χ2v) is 6.44. The molecule has 1 saturated heterocycles. The molecule has 1 aliphatic heterocycles. The van der Waals surface area contributed by atoms with Gasteiger partial charge in [0.2, 0.25) is 0 Å². The van der Waals surface area contributed by atoms with Crippen LogP contribution in [0.1, 0.15) is 12.8 Å². The van der Waals surface area contributed by atoms with E-state index >= 15 is 0 Å². The van der Waals surface area contributed by atoms with Gasteiger partial charge >= 0.3 is 0 Å². The van der Waals surface area contributed by atoms with E-state index in [-0.39, 0.29) is 0 Å². The highest BCUT2D eigenvalue weighted by Crippen LogP contribution is 2.22. The summed E-state index contributed by atoms with van der Waals surface area (Å²) in [4.78, 5) is 0. The van der Waals surface area contributed by atoms with E-state index in [0.717, 1.165) is 30.0 Å². The van der Waals surface area contributed by atoms with Crippen molar-refractivity contribution in [3.8, 4) is 0 Å². The third kappa shape index (κ3) is 2.28. The van der Waals surface area contributed by atoms with Crippen molar-refractivity contribution in [2.45, 2.75) is 12.8 Å². The molecule has 0 amide bonds. The van der Waals surface area contributed by atoms with Crippen molar-refractivity contribution in [2.24, 2.45) is 4.36 Å². The lowest BCUT2D eigenvalue weighted by atomic mass is 10.3. The standard InChI is InChI=1S/C10H12ClNOS/c11-9-3-5-10(6-4-9)12-14(13)7-1-2-8-14/h3-6H,1-2,7-8H2. The lowest BCUT2D eigenvalue weighted by Crippen LogP contribution is -1.99. The molecular weight excluding hydrogens is 218 g/mol. The van der Waals surface area contributed by atoms with Crippen molar-refractivity contribution in [3.63, 3.8) is 0 Å². The molecule has 1 aromatic carbocycles. The topological polar surface area (TPSA) is 29.4 Å². The molecule has 0 saturated carbocycles. The van der Waals surface area contributed by atoms with Crippen LogP contribution in [-0.2, 0) is 9.73 Å². The zero-order valence-electron chi connectivity index (χ0n) is 7.78. The SMILES string of the molecule is O=S1(=Nc2ccc(Cl)cc2)CCCC1. The third-order valence-electron chi connectivity index (χ3n) is 2.27. The molecule has 0 radical (unpaired) electrons. The first kappa shape index (κ1) is 9.99. The normalized spacial score (nSPS) is 19.5. The Labute approximate surface area is 89.5 Å². The summed E-state index contributed by atoms with van der Waals surface area (Å²) >= 11 is 5.75. The van der Waals surface area contributed by atoms with Crippen LogP contribution in [0.5, 0.6) is 0 Å². The number of halogens is 1. The van der Waals surface area contributed by atoms with E-state index in [1.54, 1.807) is 12.1 Å². The maximum absolute atomic E-state index is 12.0. The maximum Gasteiger partial charge on any atom is 0.0731 e. The maximum atomic E-state index is 12.0. The Morgan fingerprint density at radius 1 is 1.14 bits per heavy atom. The van der Waals surface area contributed by atoms with Crippen LogP contribution in [0.3, 0.4) is 0 Å². The Bertz CT molecular complexity index is 420. The minimum Gasteiger partial charge on any atom is -0.249 e. The summed E-state index contributed by atoms with van der Waals surface area (Å²) in [7, 11) is -1.94. The van der Waals surface area contributed by atoms with Crippen molar-refractivity contribution in [3.05, 3.63) is 29.3 Å². The van der Waals surface area contributed by atoms with E-state index < -0.39 is 9.73 Å². The summed E-state index contributed by atoms with van der Waals surface area (Å²) in [6, 6.07) is 7.18. The molecule has 2 nitrogen and oxygen atoms in total. The third-order valence-corrected chi connectivity index (χ3v) is 4.92. The Morgan fingerprint density at radius 2 is 1.71 bits per heavy atom. The quantitative estimate of drug-likeness (QED) is 0.727. The van der Waals surface area contributed by atoms with Crippen LogP contribution in [0, 0.1) is 0 Å². The van der Waals surface area contributed by atoms with Gasteiger partial charge in [0.25, 0.3) is 0 Å². The van der Waals surface area contributed by atoms with E-state index in [1.165, 1.54) is 0 Å². The van der Waals surface area contributed by atoms with E-state index in [9.17, 15) is 4.21 Å². The largest absolute Gasteiger partial charge is 0.249 e. The van der Waals surface area contributed by atoms with E-state index in [0.29, 0.717) is 5.02 Å². The number of benzene rings is 1. The molecule has 0 unspecified atom stereocenters. The highest BCUT2D eigenvalue weighted by Gasteiger charge is 2.15. The molecule has 0 spiro atoms. The van der Waals surface area contributed by atoms with Gasteiger partial charge < -0.3 is 0 Å². The Balaban J connectivity index is 2.33. The van der Waals surface area contributed by atoms with Crippen LogP contribution in [-0.4, -0.2) is 15.7 Å². The number of rotatable bonds is 1. The number of hydrogen-bond acceptors (Lipinski definition) is 2. The molecule has 4 heteroatoms. The minimum atomic E-state index is -1.94. The lowest BCUT2D eigenvalue weighted by molar-refractivity contribution is 0.681. The van der Waals surface area contributed by atoms with Gasteiger partial charge in [-0.15, -0.1) is 0 Å². The summed E-state index contributed by atoms with van der Waals surface area (Å²) in [5, 5.41) is 0.685. The fourth-order valence-corrected chi connectivity index (χ4v) is 3.87. The first-order valence-electron chi connectivity index (χ1n) is 4.66. The molecule has 14 heavy (non-hydrogen) atoms. The van der Waals surface area contributed by atoms with Gasteiger partial charge in [-0.05, 0) is 37.1 Å².